The molecule has 2 fully saturated rings. The number of aromatic nitrogens is 1. The van der Waals surface area contributed by atoms with Gasteiger partial charge in [-0.1, -0.05) is 12.8 Å². The minimum Gasteiger partial charge on any atom is -0.338 e. The lowest BCUT2D eigenvalue weighted by molar-refractivity contribution is 0.0707. The average molecular weight is 380 g/mol. The Bertz CT molecular complexity index is 511. The minimum absolute atomic E-state index is 0. The van der Waals surface area contributed by atoms with Crippen molar-refractivity contribution >= 4 is 42.1 Å². The summed E-state index contributed by atoms with van der Waals surface area (Å²) in [5.41, 5.74) is 0.924. The molecule has 0 radical (unpaired) electrons. The first-order chi connectivity index (χ1) is 10.2. The third-order valence-corrected chi connectivity index (χ3v) is 6.20. The maximum atomic E-state index is 12.8. The van der Waals surface area contributed by atoms with Gasteiger partial charge in [0.05, 0.1) is 10.7 Å². The molecule has 7 heteroatoms. The molecule has 1 N–H and O–H groups in total. The highest BCUT2D eigenvalue weighted by atomic mass is 35.5. The Labute approximate surface area is 155 Å². The van der Waals surface area contributed by atoms with Crippen molar-refractivity contribution in [3.8, 4) is 0 Å². The summed E-state index contributed by atoms with van der Waals surface area (Å²) in [6, 6.07) is 0.371. The van der Waals surface area contributed by atoms with Gasteiger partial charge in [-0.25, -0.2) is 4.98 Å². The first kappa shape index (κ1) is 20.7. The highest BCUT2D eigenvalue weighted by Crippen LogP contribution is 2.37. The molecule has 0 bridgehead atoms. The van der Waals surface area contributed by atoms with Crippen LogP contribution in [-0.2, 0) is 0 Å². The highest BCUT2D eigenvalue weighted by molar-refractivity contribution is 7.13. The number of nitrogens with zero attached hydrogens (tertiary/aromatic N) is 2. The second-order valence-electron chi connectivity index (χ2n) is 6.35. The quantitative estimate of drug-likeness (QED) is 0.868. The summed E-state index contributed by atoms with van der Waals surface area (Å²) in [5.74, 6) is 0.764. The number of thiazole rings is 1. The molecule has 3 rings (SSSR count). The van der Waals surface area contributed by atoms with E-state index >= 15 is 0 Å². The summed E-state index contributed by atoms with van der Waals surface area (Å²) in [7, 11) is 1.95. The Morgan fingerprint density at radius 2 is 1.78 bits per heavy atom. The third-order valence-electron chi connectivity index (χ3n) is 4.89. The molecule has 1 aliphatic heterocycles. The van der Waals surface area contributed by atoms with Crippen molar-refractivity contribution in [1.29, 1.82) is 0 Å². The number of nitrogens with one attached hydrogen (secondary N) is 1. The van der Waals surface area contributed by atoms with Crippen LogP contribution < -0.4 is 5.32 Å². The smallest absolute Gasteiger partial charge is 0.265 e. The summed E-state index contributed by atoms with van der Waals surface area (Å²) in [5, 5.41) is 4.54. The Morgan fingerprint density at radius 1 is 1.17 bits per heavy atom. The summed E-state index contributed by atoms with van der Waals surface area (Å²) < 4.78 is 0. The number of amides is 1. The molecule has 2 heterocycles. The zero-order valence-electron chi connectivity index (χ0n) is 13.8. The lowest BCUT2D eigenvalue weighted by Gasteiger charge is -2.31. The van der Waals surface area contributed by atoms with E-state index in [4.69, 9.17) is 4.98 Å². The maximum Gasteiger partial charge on any atom is 0.265 e. The molecular weight excluding hydrogens is 353 g/mol. The topological polar surface area (TPSA) is 45.2 Å². The summed E-state index contributed by atoms with van der Waals surface area (Å²) in [4.78, 5) is 20.3. The molecule has 1 aromatic heterocycles. The molecule has 1 aliphatic carbocycles. The van der Waals surface area contributed by atoms with Gasteiger partial charge in [0.15, 0.2) is 0 Å². The molecule has 1 saturated heterocycles. The number of carbonyl (C=O) groups excluding carboxylic acids is 1. The summed E-state index contributed by atoms with van der Waals surface area (Å²) in [6.07, 6.45) is 7.20. The number of hydrogen-bond acceptors (Lipinski definition) is 4. The zero-order chi connectivity index (χ0) is 14.8. The van der Waals surface area contributed by atoms with Crippen LogP contribution in [0.1, 0.15) is 64.8 Å². The van der Waals surface area contributed by atoms with E-state index in [9.17, 15) is 4.79 Å². The first-order valence-corrected chi connectivity index (χ1v) is 8.93. The van der Waals surface area contributed by atoms with Crippen molar-refractivity contribution < 1.29 is 4.79 Å². The molecule has 0 unspecified atom stereocenters. The molecule has 0 spiro atoms. The highest BCUT2D eigenvalue weighted by Gasteiger charge is 2.28. The molecule has 0 aromatic carbocycles. The van der Waals surface area contributed by atoms with Gasteiger partial charge in [0, 0.05) is 19.0 Å². The molecule has 1 aromatic rings. The van der Waals surface area contributed by atoms with Gasteiger partial charge in [0.1, 0.15) is 4.88 Å². The van der Waals surface area contributed by atoms with Crippen LogP contribution in [0.25, 0.3) is 0 Å². The molecule has 1 saturated carbocycles. The van der Waals surface area contributed by atoms with Crippen molar-refractivity contribution in [2.45, 2.75) is 57.4 Å². The molecule has 132 valence electrons. The lowest BCUT2D eigenvalue weighted by Crippen LogP contribution is -2.43. The minimum atomic E-state index is 0. The second kappa shape index (κ2) is 9.21. The van der Waals surface area contributed by atoms with E-state index in [0.29, 0.717) is 12.0 Å². The van der Waals surface area contributed by atoms with Crippen LogP contribution in [0.15, 0.2) is 0 Å². The van der Waals surface area contributed by atoms with Crippen molar-refractivity contribution in [3.63, 3.8) is 0 Å². The van der Waals surface area contributed by atoms with Crippen LogP contribution in [0.5, 0.6) is 0 Å². The first-order valence-electron chi connectivity index (χ1n) is 8.12. The fourth-order valence-electron chi connectivity index (χ4n) is 3.48. The Hall–Kier alpha value is -0.360. The molecule has 1 amide bonds. The molecule has 23 heavy (non-hydrogen) atoms. The fraction of sp³-hybridized carbons (Fsp3) is 0.750. The van der Waals surface area contributed by atoms with Gasteiger partial charge in [-0.2, -0.15) is 0 Å². The molecule has 0 atom stereocenters. The number of halogens is 2. The van der Waals surface area contributed by atoms with Gasteiger partial charge < -0.3 is 10.2 Å². The zero-order valence-corrected chi connectivity index (χ0v) is 16.3. The third kappa shape index (κ3) is 4.59. The summed E-state index contributed by atoms with van der Waals surface area (Å²) in [6.45, 7) is 4.01. The van der Waals surface area contributed by atoms with Crippen molar-refractivity contribution in [2.75, 3.05) is 20.1 Å². The van der Waals surface area contributed by atoms with Crippen molar-refractivity contribution in [3.05, 3.63) is 15.6 Å². The van der Waals surface area contributed by atoms with Gasteiger partial charge in [0.25, 0.3) is 5.91 Å². The maximum absolute atomic E-state index is 12.8. The van der Waals surface area contributed by atoms with E-state index < -0.39 is 0 Å². The Morgan fingerprint density at radius 3 is 2.39 bits per heavy atom. The Kier molecular flexibility index (Phi) is 8.28. The predicted octanol–water partition coefficient (Wildman–Crippen LogP) is 3.78. The van der Waals surface area contributed by atoms with E-state index in [1.165, 1.54) is 30.7 Å². The van der Waals surface area contributed by atoms with Crippen LogP contribution in [0.2, 0.25) is 0 Å². The summed E-state index contributed by atoms with van der Waals surface area (Å²) >= 11 is 1.64. The lowest BCUT2D eigenvalue weighted by atomic mass is 10.1. The van der Waals surface area contributed by atoms with E-state index in [-0.39, 0.29) is 30.7 Å². The van der Waals surface area contributed by atoms with Gasteiger partial charge in [-0.3, -0.25) is 4.79 Å². The number of carbonyl (C=O) groups is 1. The normalized spacial score (nSPS) is 19.0. The number of piperidine rings is 1. The largest absolute Gasteiger partial charge is 0.338 e. The van der Waals surface area contributed by atoms with Gasteiger partial charge in [0.2, 0.25) is 0 Å². The number of aryl methyl sites for hydroxylation is 1. The van der Waals surface area contributed by atoms with Crippen LogP contribution in [0.3, 0.4) is 0 Å². The van der Waals surface area contributed by atoms with E-state index in [1.807, 2.05) is 18.9 Å². The monoisotopic (exact) mass is 379 g/mol. The van der Waals surface area contributed by atoms with E-state index in [2.05, 4.69) is 5.32 Å². The molecule has 2 aliphatic rings. The standard InChI is InChI=1S/C16H25N3OS.2ClH/c1-11-14(21-15(18-11)12-5-3-4-6-12)16(20)19(2)13-7-9-17-10-8-13;;/h12-13,17H,3-10H2,1-2H3;2*1H. The number of hydrogen-bond donors (Lipinski definition) is 1. The van der Waals surface area contributed by atoms with Gasteiger partial charge >= 0.3 is 0 Å². The van der Waals surface area contributed by atoms with Crippen molar-refractivity contribution in [1.82, 2.24) is 15.2 Å². The molecule has 4 nitrogen and oxygen atoms in total. The second-order valence-corrected chi connectivity index (χ2v) is 7.38. The average Bonchev–Trinajstić information content (AvgIpc) is 3.16. The fourth-order valence-corrected chi connectivity index (χ4v) is 4.70. The Balaban J connectivity index is 0.00000132. The van der Waals surface area contributed by atoms with Crippen LogP contribution in [0.4, 0.5) is 0 Å². The SMILES string of the molecule is Cc1nc(C2CCCC2)sc1C(=O)N(C)C1CCNCC1.Cl.Cl. The van der Waals surface area contributed by atoms with Crippen LogP contribution >= 0.6 is 36.2 Å². The van der Waals surface area contributed by atoms with Gasteiger partial charge in [-0.05, 0) is 45.7 Å². The molecular formula is C16H27Cl2N3OS. The van der Waals surface area contributed by atoms with Crippen LogP contribution in [-0.4, -0.2) is 42.0 Å². The number of rotatable bonds is 3. The van der Waals surface area contributed by atoms with E-state index in [0.717, 1.165) is 36.5 Å². The predicted molar refractivity (Wildman–Crippen MR) is 101 cm³/mol. The van der Waals surface area contributed by atoms with Crippen molar-refractivity contribution in [2.24, 2.45) is 0 Å². The van der Waals surface area contributed by atoms with Gasteiger partial charge in [-0.15, -0.1) is 36.2 Å². The van der Waals surface area contributed by atoms with E-state index in [1.54, 1.807) is 11.3 Å². The van der Waals surface area contributed by atoms with Crippen LogP contribution in [0, 0.1) is 6.92 Å².